The van der Waals surface area contributed by atoms with E-state index >= 15 is 0 Å². The number of nitrogens with one attached hydrogen (secondary N) is 2. The van der Waals surface area contributed by atoms with Gasteiger partial charge in [-0.25, -0.2) is 9.59 Å². The Labute approximate surface area is 125 Å². The Morgan fingerprint density at radius 2 is 1.81 bits per heavy atom. The number of rotatable bonds is 6. The first-order valence-corrected chi connectivity index (χ1v) is 6.59. The standard InChI is InChI=1S/C14H24N2O5/c1-7-8-10(16-13(19)21-14(3,4)5)11(17)15-9(2)12(18)20-6/h7,9-10H,1,8H2,2-6H3,(H,15,17)(H,16,19)/t9-,10-/m1/s1. The highest BCUT2D eigenvalue weighted by Crippen LogP contribution is 2.07. The average molecular weight is 300 g/mol. The lowest BCUT2D eigenvalue weighted by molar-refractivity contribution is -0.144. The van der Waals surface area contributed by atoms with Crippen LogP contribution < -0.4 is 10.6 Å². The molecule has 0 aromatic rings. The van der Waals surface area contributed by atoms with Gasteiger partial charge in [0.2, 0.25) is 5.91 Å². The van der Waals surface area contributed by atoms with Crippen molar-refractivity contribution in [2.45, 2.75) is 51.8 Å². The van der Waals surface area contributed by atoms with E-state index in [1.807, 2.05) is 0 Å². The smallest absolute Gasteiger partial charge is 0.408 e. The first-order valence-electron chi connectivity index (χ1n) is 6.59. The molecule has 2 N–H and O–H groups in total. The zero-order valence-electron chi connectivity index (χ0n) is 13.2. The molecule has 0 heterocycles. The van der Waals surface area contributed by atoms with Gasteiger partial charge in [-0.3, -0.25) is 4.79 Å². The summed E-state index contributed by atoms with van der Waals surface area (Å²) in [5.74, 6) is -1.09. The van der Waals surface area contributed by atoms with Crippen molar-refractivity contribution in [3.63, 3.8) is 0 Å². The van der Waals surface area contributed by atoms with Gasteiger partial charge >= 0.3 is 12.1 Å². The van der Waals surface area contributed by atoms with Crippen molar-refractivity contribution in [1.82, 2.24) is 10.6 Å². The Balaban J connectivity index is 4.67. The Hall–Kier alpha value is -2.05. The van der Waals surface area contributed by atoms with E-state index in [1.165, 1.54) is 20.1 Å². The van der Waals surface area contributed by atoms with Gasteiger partial charge in [0, 0.05) is 0 Å². The second-order valence-corrected chi connectivity index (χ2v) is 5.48. The predicted octanol–water partition coefficient (Wildman–Crippen LogP) is 1.13. The van der Waals surface area contributed by atoms with Crippen LogP contribution in [0.1, 0.15) is 34.1 Å². The van der Waals surface area contributed by atoms with Gasteiger partial charge in [0.25, 0.3) is 0 Å². The van der Waals surface area contributed by atoms with Gasteiger partial charge in [-0.2, -0.15) is 0 Å². The highest BCUT2D eigenvalue weighted by atomic mass is 16.6. The molecule has 0 saturated heterocycles. The lowest BCUT2D eigenvalue weighted by atomic mass is 10.1. The maximum Gasteiger partial charge on any atom is 0.408 e. The molecular formula is C14H24N2O5. The Kier molecular flexibility index (Phi) is 7.48. The highest BCUT2D eigenvalue weighted by Gasteiger charge is 2.25. The van der Waals surface area contributed by atoms with Gasteiger partial charge in [0.05, 0.1) is 7.11 Å². The normalized spacial score (nSPS) is 13.6. The van der Waals surface area contributed by atoms with E-state index in [0.29, 0.717) is 0 Å². The maximum atomic E-state index is 12.0. The number of methoxy groups -OCH3 is 1. The van der Waals surface area contributed by atoms with E-state index in [9.17, 15) is 14.4 Å². The molecule has 0 unspecified atom stereocenters. The van der Waals surface area contributed by atoms with Crippen LogP contribution in [0.2, 0.25) is 0 Å². The van der Waals surface area contributed by atoms with E-state index in [2.05, 4.69) is 21.9 Å². The third-order valence-electron chi connectivity index (χ3n) is 2.32. The number of carbonyl (C=O) groups excluding carboxylic acids is 3. The molecule has 0 fully saturated rings. The van der Waals surface area contributed by atoms with Gasteiger partial charge < -0.3 is 20.1 Å². The molecule has 0 aromatic carbocycles. The molecule has 0 saturated carbocycles. The average Bonchev–Trinajstić information content (AvgIpc) is 2.34. The molecule has 120 valence electrons. The summed E-state index contributed by atoms with van der Waals surface area (Å²) in [7, 11) is 1.23. The second-order valence-electron chi connectivity index (χ2n) is 5.48. The molecule has 0 bridgehead atoms. The summed E-state index contributed by atoms with van der Waals surface area (Å²) in [4.78, 5) is 35.0. The number of esters is 1. The summed E-state index contributed by atoms with van der Waals surface area (Å²) in [6.07, 6.45) is 0.985. The zero-order chi connectivity index (χ0) is 16.6. The molecule has 2 amide bonds. The number of carbonyl (C=O) groups is 3. The van der Waals surface area contributed by atoms with E-state index in [4.69, 9.17) is 4.74 Å². The van der Waals surface area contributed by atoms with Crippen LogP contribution in [-0.2, 0) is 19.1 Å². The fourth-order valence-corrected chi connectivity index (χ4v) is 1.40. The van der Waals surface area contributed by atoms with Crippen LogP contribution in [0, 0.1) is 0 Å². The quantitative estimate of drug-likeness (QED) is 0.566. The summed E-state index contributed by atoms with van der Waals surface area (Å²) >= 11 is 0. The van der Waals surface area contributed by atoms with Gasteiger partial charge in [-0.05, 0) is 34.1 Å². The molecule has 0 aliphatic heterocycles. The second kappa shape index (κ2) is 8.28. The minimum atomic E-state index is -0.871. The first kappa shape index (κ1) is 18.9. The van der Waals surface area contributed by atoms with Crippen LogP contribution >= 0.6 is 0 Å². The van der Waals surface area contributed by atoms with E-state index in [1.54, 1.807) is 20.8 Å². The number of hydrogen-bond acceptors (Lipinski definition) is 5. The third kappa shape index (κ3) is 7.96. The Morgan fingerprint density at radius 1 is 1.24 bits per heavy atom. The summed E-state index contributed by atoms with van der Waals surface area (Å²) in [6, 6.07) is -1.68. The van der Waals surface area contributed by atoms with Crippen LogP contribution in [0.4, 0.5) is 4.79 Å². The molecule has 0 aromatic heterocycles. The lowest BCUT2D eigenvalue weighted by Gasteiger charge is -2.23. The van der Waals surface area contributed by atoms with Gasteiger partial charge in [-0.1, -0.05) is 6.08 Å². The van der Waals surface area contributed by atoms with Crippen LogP contribution in [0.15, 0.2) is 12.7 Å². The minimum Gasteiger partial charge on any atom is -0.467 e. The molecule has 7 heteroatoms. The maximum absolute atomic E-state index is 12.0. The van der Waals surface area contributed by atoms with Crippen molar-refractivity contribution < 1.29 is 23.9 Å². The number of hydrogen-bond donors (Lipinski definition) is 2. The van der Waals surface area contributed by atoms with Crippen molar-refractivity contribution in [3.8, 4) is 0 Å². The van der Waals surface area contributed by atoms with Crippen LogP contribution in [-0.4, -0.2) is 42.8 Å². The SMILES string of the molecule is C=CC[C@@H](NC(=O)OC(C)(C)C)C(=O)N[C@H](C)C(=O)OC. The van der Waals surface area contributed by atoms with Crippen molar-refractivity contribution in [2.24, 2.45) is 0 Å². The van der Waals surface area contributed by atoms with Crippen molar-refractivity contribution in [2.75, 3.05) is 7.11 Å². The van der Waals surface area contributed by atoms with E-state index < -0.39 is 35.7 Å². The summed E-state index contributed by atoms with van der Waals surface area (Å²) in [5.41, 5.74) is -0.668. The molecular weight excluding hydrogens is 276 g/mol. The van der Waals surface area contributed by atoms with Crippen molar-refractivity contribution in [1.29, 1.82) is 0 Å². The first-order chi connectivity index (χ1) is 9.60. The van der Waals surface area contributed by atoms with Gasteiger partial charge in [0.15, 0.2) is 0 Å². The van der Waals surface area contributed by atoms with E-state index in [-0.39, 0.29) is 6.42 Å². The lowest BCUT2D eigenvalue weighted by Crippen LogP contribution is -2.51. The summed E-state index contributed by atoms with van der Waals surface area (Å²) in [5, 5.41) is 4.89. The summed E-state index contributed by atoms with van der Waals surface area (Å²) in [6.45, 7) is 10.2. The van der Waals surface area contributed by atoms with Gasteiger partial charge in [-0.15, -0.1) is 6.58 Å². The van der Waals surface area contributed by atoms with Crippen LogP contribution in [0.5, 0.6) is 0 Å². The summed E-state index contributed by atoms with van der Waals surface area (Å²) < 4.78 is 9.60. The monoisotopic (exact) mass is 300 g/mol. The Morgan fingerprint density at radius 3 is 2.24 bits per heavy atom. The molecule has 7 nitrogen and oxygen atoms in total. The number of alkyl carbamates (subject to hydrolysis) is 1. The zero-order valence-corrected chi connectivity index (χ0v) is 13.2. The number of ether oxygens (including phenoxy) is 2. The molecule has 0 spiro atoms. The van der Waals surface area contributed by atoms with Gasteiger partial charge in [0.1, 0.15) is 17.7 Å². The molecule has 0 aliphatic rings. The van der Waals surface area contributed by atoms with E-state index in [0.717, 1.165) is 0 Å². The molecule has 0 aliphatic carbocycles. The molecule has 0 radical (unpaired) electrons. The topological polar surface area (TPSA) is 93.7 Å². The molecule has 0 rings (SSSR count). The predicted molar refractivity (Wildman–Crippen MR) is 77.6 cm³/mol. The highest BCUT2D eigenvalue weighted by molar-refractivity contribution is 5.89. The van der Waals surface area contributed by atoms with Crippen molar-refractivity contribution >= 4 is 18.0 Å². The van der Waals surface area contributed by atoms with Crippen LogP contribution in [0.3, 0.4) is 0 Å². The van der Waals surface area contributed by atoms with Crippen LogP contribution in [0.25, 0.3) is 0 Å². The fourth-order valence-electron chi connectivity index (χ4n) is 1.40. The number of amides is 2. The largest absolute Gasteiger partial charge is 0.467 e. The third-order valence-corrected chi connectivity index (χ3v) is 2.32. The Bertz CT molecular complexity index is 401. The molecule has 2 atom stereocenters. The minimum absolute atomic E-state index is 0.207. The van der Waals surface area contributed by atoms with Crippen molar-refractivity contribution in [3.05, 3.63) is 12.7 Å². The fraction of sp³-hybridized carbons (Fsp3) is 0.643. The molecule has 21 heavy (non-hydrogen) atoms.